The molecule has 7 nitrogen and oxygen atoms in total. The second-order valence-electron chi connectivity index (χ2n) is 7.85. The van der Waals surface area contributed by atoms with E-state index in [1.165, 1.54) is 5.52 Å². The van der Waals surface area contributed by atoms with Gasteiger partial charge in [-0.05, 0) is 38.3 Å². The van der Waals surface area contributed by atoms with Gasteiger partial charge in [0.25, 0.3) is 5.56 Å². The van der Waals surface area contributed by atoms with E-state index in [0.29, 0.717) is 12.4 Å². The van der Waals surface area contributed by atoms with Crippen molar-refractivity contribution in [2.75, 3.05) is 13.1 Å². The van der Waals surface area contributed by atoms with E-state index in [0.717, 1.165) is 80.2 Å². The van der Waals surface area contributed by atoms with Crippen molar-refractivity contribution in [3.8, 4) is 0 Å². The summed E-state index contributed by atoms with van der Waals surface area (Å²) in [5.74, 6) is 1.73. The summed E-state index contributed by atoms with van der Waals surface area (Å²) >= 11 is 0. The minimum atomic E-state index is -0.0213. The van der Waals surface area contributed by atoms with Gasteiger partial charge < -0.3 is 9.55 Å². The van der Waals surface area contributed by atoms with E-state index in [1.807, 2.05) is 6.07 Å². The summed E-state index contributed by atoms with van der Waals surface area (Å²) < 4.78 is 2.26. The lowest BCUT2D eigenvalue weighted by Gasteiger charge is -2.27. The van der Waals surface area contributed by atoms with Crippen LogP contribution in [0.5, 0.6) is 0 Å². The van der Waals surface area contributed by atoms with Gasteiger partial charge in [0.1, 0.15) is 5.82 Å². The average molecular weight is 390 g/mol. The van der Waals surface area contributed by atoms with Crippen LogP contribution in [0.15, 0.2) is 34.1 Å². The molecule has 0 amide bonds. The number of aliphatic imine (C=N–C) groups is 1. The Morgan fingerprint density at radius 2 is 2.03 bits per heavy atom. The maximum absolute atomic E-state index is 12.8. The zero-order chi connectivity index (χ0) is 19.8. The van der Waals surface area contributed by atoms with Gasteiger partial charge >= 0.3 is 0 Å². The molecule has 29 heavy (non-hydrogen) atoms. The third-order valence-corrected chi connectivity index (χ3v) is 5.96. The summed E-state index contributed by atoms with van der Waals surface area (Å²) in [7, 11) is 0. The second kappa shape index (κ2) is 7.55. The third kappa shape index (κ3) is 3.40. The van der Waals surface area contributed by atoms with Crippen LogP contribution < -0.4 is 5.56 Å². The quantitative estimate of drug-likeness (QED) is 0.743. The molecule has 0 saturated carbocycles. The number of nitrogens with one attached hydrogen (secondary N) is 1. The van der Waals surface area contributed by atoms with Crippen LogP contribution in [0.2, 0.25) is 0 Å². The fraction of sp³-hybridized carbons (Fsp3) is 0.455. The molecule has 2 aliphatic rings. The fourth-order valence-corrected chi connectivity index (χ4v) is 4.44. The number of fused-ring (bicyclic) bond motifs is 2. The van der Waals surface area contributed by atoms with Crippen LogP contribution in [0.1, 0.15) is 49.1 Å². The molecular weight excluding hydrogens is 364 g/mol. The number of aryl methyl sites for hydroxylation is 1. The lowest BCUT2D eigenvalue weighted by molar-refractivity contribution is 0.233. The molecule has 0 atom stereocenters. The van der Waals surface area contributed by atoms with E-state index in [1.54, 1.807) is 0 Å². The van der Waals surface area contributed by atoms with E-state index in [9.17, 15) is 4.79 Å². The molecule has 0 spiro atoms. The van der Waals surface area contributed by atoms with Gasteiger partial charge in [-0.25, -0.2) is 9.97 Å². The number of H-pyrrole nitrogens is 1. The number of rotatable bonds is 4. The summed E-state index contributed by atoms with van der Waals surface area (Å²) in [5, 5.41) is 0. The highest BCUT2D eigenvalue weighted by atomic mass is 16.1. The van der Waals surface area contributed by atoms with Gasteiger partial charge in [0.05, 0.1) is 34.5 Å². The molecule has 5 rings (SSSR count). The van der Waals surface area contributed by atoms with Crippen molar-refractivity contribution in [1.29, 1.82) is 0 Å². The molecule has 7 heteroatoms. The zero-order valence-electron chi connectivity index (χ0n) is 16.8. The largest absolute Gasteiger partial charge is 0.327 e. The molecule has 0 aliphatic carbocycles. The van der Waals surface area contributed by atoms with Crippen LogP contribution in [0.3, 0.4) is 0 Å². The van der Waals surface area contributed by atoms with E-state index >= 15 is 0 Å². The molecule has 2 aliphatic heterocycles. The van der Waals surface area contributed by atoms with E-state index in [4.69, 9.17) is 9.97 Å². The zero-order valence-corrected chi connectivity index (χ0v) is 16.8. The first-order valence-corrected chi connectivity index (χ1v) is 10.5. The fourth-order valence-electron chi connectivity index (χ4n) is 4.44. The van der Waals surface area contributed by atoms with Crippen LogP contribution in [-0.2, 0) is 26.1 Å². The predicted octanol–water partition coefficient (Wildman–Crippen LogP) is 2.67. The molecule has 150 valence electrons. The number of hydrogen-bond acceptors (Lipinski definition) is 5. The van der Waals surface area contributed by atoms with Gasteiger partial charge in [-0.15, -0.1) is 0 Å². The summed E-state index contributed by atoms with van der Waals surface area (Å²) in [6.45, 7) is 6.08. The molecule has 0 radical (unpaired) electrons. The summed E-state index contributed by atoms with van der Waals surface area (Å²) in [6.07, 6.45) is 3.93. The first-order valence-electron chi connectivity index (χ1n) is 10.5. The number of aromatic nitrogens is 4. The molecule has 0 unspecified atom stereocenters. The van der Waals surface area contributed by atoms with Crippen molar-refractivity contribution in [2.45, 2.75) is 52.2 Å². The summed E-state index contributed by atoms with van der Waals surface area (Å²) in [6, 6.07) is 8.25. The summed E-state index contributed by atoms with van der Waals surface area (Å²) in [4.78, 5) is 32.2. The highest BCUT2D eigenvalue weighted by molar-refractivity contribution is 5.97. The van der Waals surface area contributed by atoms with Gasteiger partial charge in [0.15, 0.2) is 5.82 Å². The normalized spacial score (nSPS) is 17.3. The van der Waals surface area contributed by atoms with Crippen molar-refractivity contribution < 1.29 is 0 Å². The van der Waals surface area contributed by atoms with Gasteiger partial charge in [-0.2, -0.15) is 0 Å². The predicted molar refractivity (Wildman–Crippen MR) is 113 cm³/mol. The molecule has 0 bridgehead atoms. The van der Waals surface area contributed by atoms with Gasteiger partial charge in [-0.3, -0.25) is 14.7 Å². The topological polar surface area (TPSA) is 79.2 Å². The number of para-hydroxylation sites is 2. The van der Waals surface area contributed by atoms with Crippen LogP contribution >= 0.6 is 0 Å². The molecule has 0 saturated heterocycles. The first-order chi connectivity index (χ1) is 14.2. The Labute approximate surface area is 169 Å². The smallest absolute Gasteiger partial charge is 0.255 e. The molecule has 1 N–H and O–H groups in total. The highest BCUT2D eigenvalue weighted by Gasteiger charge is 2.24. The van der Waals surface area contributed by atoms with Crippen molar-refractivity contribution in [2.24, 2.45) is 4.99 Å². The number of hydrogen-bond donors (Lipinski definition) is 1. The van der Waals surface area contributed by atoms with Gasteiger partial charge in [-0.1, -0.05) is 12.1 Å². The Morgan fingerprint density at radius 3 is 2.86 bits per heavy atom. The highest BCUT2D eigenvalue weighted by Crippen LogP contribution is 2.21. The Kier molecular flexibility index (Phi) is 4.75. The van der Waals surface area contributed by atoms with Crippen LogP contribution in [0, 0.1) is 0 Å². The Bertz CT molecular complexity index is 1140. The van der Waals surface area contributed by atoms with Gasteiger partial charge in [0.2, 0.25) is 0 Å². The molecule has 2 aromatic heterocycles. The van der Waals surface area contributed by atoms with E-state index in [2.05, 4.69) is 44.6 Å². The Balaban J connectivity index is 1.40. The number of nitrogens with zero attached hydrogens (tertiary/aromatic N) is 5. The van der Waals surface area contributed by atoms with Crippen molar-refractivity contribution in [1.82, 2.24) is 24.4 Å². The van der Waals surface area contributed by atoms with Crippen LogP contribution in [-0.4, -0.2) is 43.2 Å². The number of aromatic amines is 1. The van der Waals surface area contributed by atoms with Crippen molar-refractivity contribution in [3.05, 3.63) is 57.5 Å². The maximum atomic E-state index is 12.8. The monoisotopic (exact) mass is 390 g/mol. The van der Waals surface area contributed by atoms with Crippen molar-refractivity contribution in [3.63, 3.8) is 0 Å². The van der Waals surface area contributed by atoms with Crippen molar-refractivity contribution >= 4 is 16.7 Å². The second-order valence-corrected chi connectivity index (χ2v) is 7.85. The average Bonchev–Trinajstić information content (AvgIpc) is 3.11. The number of imidazole rings is 1. The SMILES string of the molecule is CCn1c(CN2CCc3nc(C4=NCCCC4)[nH]c(=O)c3C2)nc2ccccc21. The van der Waals surface area contributed by atoms with E-state index < -0.39 is 0 Å². The molecule has 4 heterocycles. The van der Waals surface area contributed by atoms with Gasteiger partial charge in [0, 0.05) is 32.6 Å². The van der Waals surface area contributed by atoms with E-state index in [-0.39, 0.29) is 5.56 Å². The minimum Gasteiger partial charge on any atom is -0.327 e. The standard InChI is InChI=1S/C22H26N6O/c1-2-28-19-9-4-3-7-17(19)24-20(28)14-27-12-10-16-15(13-27)22(29)26-21(25-16)18-8-5-6-11-23-18/h3-4,7,9H,2,5-6,8,10-14H2,1H3,(H,25,26,29). The Morgan fingerprint density at radius 1 is 1.14 bits per heavy atom. The van der Waals surface area contributed by atoms with Crippen LogP contribution in [0.25, 0.3) is 11.0 Å². The third-order valence-electron chi connectivity index (χ3n) is 5.96. The lowest BCUT2D eigenvalue weighted by atomic mass is 10.1. The number of benzene rings is 1. The summed E-state index contributed by atoms with van der Waals surface area (Å²) in [5.41, 5.74) is 4.84. The molecule has 3 aromatic rings. The molecule has 1 aromatic carbocycles. The van der Waals surface area contributed by atoms with Crippen LogP contribution in [0.4, 0.5) is 0 Å². The lowest BCUT2D eigenvalue weighted by Crippen LogP contribution is -2.37. The first kappa shape index (κ1) is 18.2. The molecular formula is C22H26N6O. The molecule has 0 fully saturated rings. The maximum Gasteiger partial charge on any atom is 0.255 e. The Hall–Kier alpha value is -2.80. The minimum absolute atomic E-state index is 0.0213.